The smallest absolute Gasteiger partial charge is 0.339 e. The number of H-pyrrole nitrogens is 1. The number of methoxy groups -OCH3 is 1. The molecule has 156 valence electrons. The van der Waals surface area contributed by atoms with Gasteiger partial charge in [0.05, 0.1) is 29.5 Å². The third kappa shape index (κ3) is 4.13. The van der Waals surface area contributed by atoms with E-state index in [4.69, 9.17) is 4.74 Å². The van der Waals surface area contributed by atoms with Gasteiger partial charge < -0.3 is 15.0 Å². The molecule has 0 saturated heterocycles. The number of para-hydroxylation sites is 1. The highest BCUT2D eigenvalue weighted by molar-refractivity contribution is 7.99. The molecule has 1 aliphatic carbocycles. The number of amides is 1. The Bertz CT molecular complexity index is 1180. The number of thiophene rings is 1. The van der Waals surface area contributed by atoms with Gasteiger partial charge in [0, 0.05) is 4.88 Å². The van der Waals surface area contributed by atoms with Gasteiger partial charge in [-0.15, -0.1) is 11.3 Å². The summed E-state index contributed by atoms with van der Waals surface area (Å²) in [5, 5.41) is 3.82. The van der Waals surface area contributed by atoms with Crippen LogP contribution in [0.25, 0.3) is 10.2 Å². The van der Waals surface area contributed by atoms with Crippen LogP contribution in [0, 0.1) is 5.92 Å². The molecule has 1 aliphatic rings. The van der Waals surface area contributed by atoms with Crippen LogP contribution in [0.3, 0.4) is 0 Å². The second-order valence-electron chi connectivity index (χ2n) is 7.28. The number of ether oxygens (including phenoxy) is 1. The van der Waals surface area contributed by atoms with E-state index in [-0.39, 0.29) is 22.8 Å². The maximum absolute atomic E-state index is 12.6. The number of nitrogens with zero attached hydrogens (tertiary/aromatic N) is 1. The summed E-state index contributed by atoms with van der Waals surface area (Å²) >= 11 is 2.74. The number of hydrogen-bond acceptors (Lipinski definition) is 7. The van der Waals surface area contributed by atoms with E-state index in [1.807, 2.05) is 0 Å². The van der Waals surface area contributed by atoms with Crippen LogP contribution in [-0.2, 0) is 22.4 Å². The number of aryl methyl sites for hydroxylation is 1. The summed E-state index contributed by atoms with van der Waals surface area (Å²) in [5.41, 5.74) is 1.65. The van der Waals surface area contributed by atoms with Gasteiger partial charge in [-0.1, -0.05) is 30.8 Å². The van der Waals surface area contributed by atoms with Crippen molar-refractivity contribution >= 4 is 50.9 Å². The van der Waals surface area contributed by atoms with Gasteiger partial charge in [0.15, 0.2) is 5.16 Å². The molecule has 1 atom stereocenters. The Morgan fingerprint density at radius 2 is 2.17 bits per heavy atom. The molecule has 2 aromatic heterocycles. The standard InChI is InChI=1S/C21H21N3O4S2/c1-11-7-8-13-15(9-11)30-19-17(13)18(26)23-21(24-19)29-10-16(25)22-14-6-4-3-5-12(14)20(27)28-2/h3-6,11H,7-10H2,1-2H3,(H,22,25)(H,23,24,26). The molecule has 4 rings (SSSR count). The van der Waals surface area contributed by atoms with Gasteiger partial charge in [0.2, 0.25) is 5.91 Å². The van der Waals surface area contributed by atoms with Crippen LogP contribution in [-0.4, -0.2) is 34.7 Å². The van der Waals surface area contributed by atoms with Gasteiger partial charge >= 0.3 is 5.97 Å². The molecule has 0 bridgehead atoms. The van der Waals surface area contributed by atoms with E-state index in [0.29, 0.717) is 22.1 Å². The van der Waals surface area contributed by atoms with Gasteiger partial charge in [-0.2, -0.15) is 0 Å². The molecule has 1 amide bonds. The van der Waals surface area contributed by atoms with Crippen LogP contribution < -0.4 is 10.9 Å². The molecule has 7 nitrogen and oxygen atoms in total. The summed E-state index contributed by atoms with van der Waals surface area (Å²) in [7, 11) is 1.29. The highest BCUT2D eigenvalue weighted by Gasteiger charge is 2.23. The highest BCUT2D eigenvalue weighted by Crippen LogP contribution is 2.36. The van der Waals surface area contributed by atoms with Crippen molar-refractivity contribution in [2.75, 3.05) is 18.2 Å². The monoisotopic (exact) mass is 443 g/mol. The number of rotatable bonds is 5. The number of carbonyl (C=O) groups excluding carboxylic acids is 2. The number of benzene rings is 1. The SMILES string of the molecule is COC(=O)c1ccccc1NC(=O)CSc1nc2sc3c(c2c(=O)[nH]1)CCC(C)C3. The van der Waals surface area contributed by atoms with Crippen LogP contribution in [0.2, 0.25) is 0 Å². The summed E-state index contributed by atoms with van der Waals surface area (Å²) in [4.78, 5) is 46.2. The second-order valence-corrected chi connectivity index (χ2v) is 9.32. The van der Waals surface area contributed by atoms with E-state index >= 15 is 0 Å². The zero-order valence-electron chi connectivity index (χ0n) is 16.6. The summed E-state index contributed by atoms with van der Waals surface area (Å²) in [6.45, 7) is 2.23. The van der Waals surface area contributed by atoms with Crippen molar-refractivity contribution < 1.29 is 14.3 Å². The molecule has 30 heavy (non-hydrogen) atoms. The predicted molar refractivity (Wildman–Crippen MR) is 119 cm³/mol. The Kier molecular flexibility index (Phi) is 5.92. The lowest BCUT2D eigenvalue weighted by Gasteiger charge is -2.17. The molecule has 0 spiro atoms. The first kappa shape index (κ1) is 20.6. The second kappa shape index (κ2) is 8.61. The third-order valence-corrected chi connectivity index (χ3v) is 7.11. The Hall–Kier alpha value is -2.65. The van der Waals surface area contributed by atoms with E-state index in [1.165, 1.54) is 12.0 Å². The molecule has 3 aromatic rings. The Morgan fingerprint density at radius 3 is 2.97 bits per heavy atom. The maximum Gasteiger partial charge on any atom is 0.339 e. The molecule has 2 heterocycles. The molecule has 1 unspecified atom stereocenters. The Morgan fingerprint density at radius 1 is 1.37 bits per heavy atom. The third-order valence-electron chi connectivity index (χ3n) is 5.09. The van der Waals surface area contributed by atoms with Crippen LogP contribution in [0.4, 0.5) is 5.69 Å². The van der Waals surface area contributed by atoms with Gasteiger partial charge in [-0.3, -0.25) is 9.59 Å². The molecule has 0 saturated carbocycles. The molecule has 9 heteroatoms. The lowest BCUT2D eigenvalue weighted by atomic mass is 9.89. The van der Waals surface area contributed by atoms with Crippen LogP contribution in [0.5, 0.6) is 0 Å². The van der Waals surface area contributed by atoms with Gasteiger partial charge in [0.1, 0.15) is 4.83 Å². The van der Waals surface area contributed by atoms with Crippen molar-refractivity contribution in [3.05, 3.63) is 50.6 Å². The summed E-state index contributed by atoms with van der Waals surface area (Å²) in [5.74, 6) is -0.161. The minimum atomic E-state index is -0.522. The van der Waals surface area contributed by atoms with Crippen LogP contribution in [0.1, 0.15) is 34.1 Å². The summed E-state index contributed by atoms with van der Waals surface area (Å²) < 4.78 is 4.74. The quantitative estimate of drug-likeness (QED) is 0.355. The van der Waals surface area contributed by atoms with Crippen molar-refractivity contribution in [2.24, 2.45) is 5.92 Å². The normalized spacial score (nSPS) is 15.6. The average molecular weight is 444 g/mol. The van der Waals surface area contributed by atoms with Crippen LogP contribution >= 0.6 is 23.1 Å². The zero-order chi connectivity index (χ0) is 21.3. The molecule has 0 radical (unpaired) electrons. The number of nitrogens with one attached hydrogen (secondary N) is 2. The first-order chi connectivity index (χ1) is 14.5. The number of carbonyl (C=O) groups is 2. The zero-order valence-corrected chi connectivity index (χ0v) is 18.2. The number of aromatic nitrogens is 2. The number of aromatic amines is 1. The fourth-order valence-electron chi connectivity index (χ4n) is 3.60. The summed E-state index contributed by atoms with van der Waals surface area (Å²) in [6, 6.07) is 6.64. The first-order valence-corrected chi connectivity index (χ1v) is 11.4. The van der Waals surface area contributed by atoms with E-state index in [1.54, 1.807) is 35.6 Å². The van der Waals surface area contributed by atoms with Crippen molar-refractivity contribution in [1.82, 2.24) is 9.97 Å². The van der Waals surface area contributed by atoms with Crippen molar-refractivity contribution in [3.63, 3.8) is 0 Å². The van der Waals surface area contributed by atoms with Crippen LogP contribution in [0.15, 0.2) is 34.2 Å². The molecular weight excluding hydrogens is 422 g/mol. The number of esters is 1. The van der Waals surface area contributed by atoms with E-state index < -0.39 is 5.97 Å². The fourth-order valence-corrected chi connectivity index (χ4v) is 5.70. The van der Waals surface area contributed by atoms with Crippen molar-refractivity contribution in [3.8, 4) is 0 Å². The fraction of sp³-hybridized carbons (Fsp3) is 0.333. The maximum atomic E-state index is 12.6. The summed E-state index contributed by atoms with van der Waals surface area (Å²) in [6.07, 6.45) is 2.98. The van der Waals surface area contributed by atoms with Gasteiger partial charge in [0.25, 0.3) is 5.56 Å². The van der Waals surface area contributed by atoms with E-state index in [9.17, 15) is 14.4 Å². The molecule has 0 aliphatic heterocycles. The molecule has 2 N–H and O–H groups in total. The first-order valence-electron chi connectivity index (χ1n) is 9.60. The topological polar surface area (TPSA) is 101 Å². The number of thioether (sulfide) groups is 1. The highest BCUT2D eigenvalue weighted by atomic mass is 32.2. The predicted octanol–water partition coefficient (Wildman–Crippen LogP) is 3.63. The van der Waals surface area contributed by atoms with Crippen molar-refractivity contribution in [1.29, 1.82) is 0 Å². The average Bonchev–Trinajstić information content (AvgIpc) is 3.09. The minimum Gasteiger partial charge on any atom is -0.465 e. The Balaban J connectivity index is 1.49. The number of hydrogen-bond donors (Lipinski definition) is 2. The van der Waals surface area contributed by atoms with Gasteiger partial charge in [-0.05, 0) is 42.9 Å². The minimum absolute atomic E-state index is 0.0477. The van der Waals surface area contributed by atoms with E-state index in [2.05, 4.69) is 22.2 Å². The van der Waals surface area contributed by atoms with E-state index in [0.717, 1.165) is 41.4 Å². The largest absolute Gasteiger partial charge is 0.465 e. The number of anilines is 1. The lowest BCUT2D eigenvalue weighted by Crippen LogP contribution is -2.18. The molecular formula is C21H21N3O4S2. The van der Waals surface area contributed by atoms with Crippen molar-refractivity contribution in [2.45, 2.75) is 31.3 Å². The number of fused-ring (bicyclic) bond motifs is 3. The van der Waals surface area contributed by atoms with Gasteiger partial charge in [-0.25, -0.2) is 9.78 Å². The Labute approximate surface area is 181 Å². The lowest BCUT2D eigenvalue weighted by molar-refractivity contribution is -0.113. The molecule has 0 fully saturated rings. The molecule has 1 aromatic carbocycles.